The second kappa shape index (κ2) is 3.20. The molecule has 1 aromatic heterocycles. The number of nitrogens with one attached hydrogen (secondary N) is 2. The molecule has 1 aliphatic rings. The summed E-state index contributed by atoms with van der Waals surface area (Å²) in [6, 6.07) is 0. The van der Waals surface area contributed by atoms with Gasteiger partial charge in [-0.1, -0.05) is 0 Å². The molecule has 0 saturated heterocycles. The Balaban J connectivity index is 1.89. The molecule has 1 amide bonds. The first-order valence-electron chi connectivity index (χ1n) is 4.55. The predicted octanol–water partition coefficient (Wildman–Crippen LogP) is 1.46. The SMILES string of the molecule is Cc1[nH]ncc1NC(=O)CC1CC1. The fourth-order valence-corrected chi connectivity index (χ4v) is 1.26. The van der Waals surface area contributed by atoms with E-state index in [1.54, 1.807) is 6.20 Å². The number of carbonyl (C=O) groups excluding carboxylic acids is 1. The van der Waals surface area contributed by atoms with E-state index in [0.29, 0.717) is 12.3 Å². The molecule has 0 unspecified atom stereocenters. The first-order chi connectivity index (χ1) is 6.25. The fraction of sp³-hybridized carbons (Fsp3) is 0.556. The Morgan fingerprint density at radius 3 is 3.08 bits per heavy atom. The van der Waals surface area contributed by atoms with Gasteiger partial charge >= 0.3 is 0 Å². The van der Waals surface area contributed by atoms with E-state index in [0.717, 1.165) is 11.4 Å². The first-order valence-corrected chi connectivity index (χ1v) is 4.55. The van der Waals surface area contributed by atoms with Crippen molar-refractivity contribution >= 4 is 11.6 Å². The quantitative estimate of drug-likeness (QED) is 0.738. The van der Waals surface area contributed by atoms with Crippen molar-refractivity contribution in [1.29, 1.82) is 0 Å². The molecule has 1 aliphatic carbocycles. The van der Waals surface area contributed by atoms with Crippen molar-refractivity contribution in [2.75, 3.05) is 5.32 Å². The van der Waals surface area contributed by atoms with Crippen LogP contribution in [0.4, 0.5) is 5.69 Å². The molecule has 2 rings (SSSR count). The highest BCUT2D eigenvalue weighted by atomic mass is 16.1. The van der Waals surface area contributed by atoms with Crippen molar-refractivity contribution in [2.24, 2.45) is 5.92 Å². The number of aromatic amines is 1. The van der Waals surface area contributed by atoms with Gasteiger partial charge in [0.05, 0.1) is 17.6 Å². The van der Waals surface area contributed by atoms with E-state index in [1.165, 1.54) is 12.8 Å². The summed E-state index contributed by atoms with van der Waals surface area (Å²) in [5.74, 6) is 0.735. The van der Waals surface area contributed by atoms with Crippen LogP contribution in [0.5, 0.6) is 0 Å². The zero-order valence-electron chi connectivity index (χ0n) is 7.63. The van der Waals surface area contributed by atoms with Crippen molar-refractivity contribution in [2.45, 2.75) is 26.2 Å². The highest BCUT2D eigenvalue weighted by Crippen LogP contribution is 2.32. The van der Waals surface area contributed by atoms with Crippen molar-refractivity contribution in [3.05, 3.63) is 11.9 Å². The third kappa shape index (κ3) is 2.08. The summed E-state index contributed by atoms with van der Waals surface area (Å²) in [7, 11) is 0. The number of aromatic nitrogens is 2. The Morgan fingerprint density at radius 1 is 1.77 bits per heavy atom. The number of anilines is 1. The van der Waals surface area contributed by atoms with Gasteiger partial charge in [0.15, 0.2) is 0 Å². The third-order valence-electron chi connectivity index (χ3n) is 2.27. The Morgan fingerprint density at radius 2 is 2.54 bits per heavy atom. The molecule has 1 aromatic rings. The van der Waals surface area contributed by atoms with Gasteiger partial charge in [-0.3, -0.25) is 9.89 Å². The molecule has 13 heavy (non-hydrogen) atoms. The maximum atomic E-state index is 11.4. The van der Waals surface area contributed by atoms with Crippen LogP contribution in [0.15, 0.2) is 6.20 Å². The lowest BCUT2D eigenvalue weighted by atomic mass is 10.2. The second-order valence-electron chi connectivity index (χ2n) is 3.60. The van der Waals surface area contributed by atoms with Crippen molar-refractivity contribution < 1.29 is 4.79 Å². The maximum Gasteiger partial charge on any atom is 0.224 e. The van der Waals surface area contributed by atoms with Gasteiger partial charge in [0.25, 0.3) is 0 Å². The Labute approximate surface area is 76.7 Å². The molecule has 4 nitrogen and oxygen atoms in total. The van der Waals surface area contributed by atoms with Crippen molar-refractivity contribution in [1.82, 2.24) is 10.2 Å². The van der Waals surface area contributed by atoms with Gasteiger partial charge in [-0.15, -0.1) is 0 Å². The van der Waals surface area contributed by atoms with Gasteiger partial charge in [0, 0.05) is 6.42 Å². The largest absolute Gasteiger partial charge is 0.323 e. The lowest BCUT2D eigenvalue weighted by molar-refractivity contribution is -0.116. The van der Waals surface area contributed by atoms with Gasteiger partial charge in [0.1, 0.15) is 0 Å². The standard InChI is InChI=1S/C9H13N3O/c1-6-8(5-10-12-6)11-9(13)4-7-2-3-7/h5,7H,2-4H2,1H3,(H,10,12)(H,11,13). The smallest absolute Gasteiger partial charge is 0.224 e. The highest BCUT2D eigenvalue weighted by molar-refractivity contribution is 5.91. The lowest BCUT2D eigenvalue weighted by Gasteiger charge is -2.01. The Kier molecular flexibility index (Phi) is 2.04. The maximum absolute atomic E-state index is 11.4. The molecule has 0 spiro atoms. The monoisotopic (exact) mass is 179 g/mol. The molecule has 1 fully saturated rings. The van der Waals surface area contributed by atoms with E-state index < -0.39 is 0 Å². The van der Waals surface area contributed by atoms with E-state index in [4.69, 9.17) is 0 Å². The van der Waals surface area contributed by atoms with Gasteiger partial charge < -0.3 is 5.32 Å². The summed E-state index contributed by atoms with van der Waals surface area (Å²) in [4.78, 5) is 11.4. The molecular formula is C9H13N3O. The molecule has 0 radical (unpaired) electrons. The van der Waals surface area contributed by atoms with Crippen LogP contribution in [0.2, 0.25) is 0 Å². The molecule has 0 atom stereocenters. The molecule has 4 heteroatoms. The van der Waals surface area contributed by atoms with Gasteiger partial charge in [-0.25, -0.2) is 0 Å². The average Bonchev–Trinajstić information content (AvgIpc) is 2.79. The van der Waals surface area contributed by atoms with E-state index in [1.807, 2.05) is 6.92 Å². The van der Waals surface area contributed by atoms with Crippen LogP contribution in [0, 0.1) is 12.8 Å². The first kappa shape index (κ1) is 8.29. The fourth-order valence-electron chi connectivity index (χ4n) is 1.26. The number of hydrogen-bond donors (Lipinski definition) is 2. The topological polar surface area (TPSA) is 57.8 Å². The normalized spacial score (nSPS) is 15.8. The number of hydrogen-bond acceptors (Lipinski definition) is 2. The molecule has 1 saturated carbocycles. The zero-order chi connectivity index (χ0) is 9.26. The van der Waals surface area contributed by atoms with E-state index in [2.05, 4.69) is 15.5 Å². The summed E-state index contributed by atoms with van der Waals surface area (Å²) in [5.41, 5.74) is 1.70. The molecule has 0 bridgehead atoms. The molecule has 70 valence electrons. The Hall–Kier alpha value is -1.32. The number of H-pyrrole nitrogens is 1. The molecule has 0 aromatic carbocycles. The van der Waals surface area contributed by atoms with Crippen molar-refractivity contribution in [3.8, 4) is 0 Å². The van der Waals surface area contributed by atoms with Crippen LogP contribution in [0.3, 0.4) is 0 Å². The van der Waals surface area contributed by atoms with Gasteiger partial charge in [-0.2, -0.15) is 5.10 Å². The van der Waals surface area contributed by atoms with E-state index in [9.17, 15) is 4.79 Å². The molecule has 1 heterocycles. The summed E-state index contributed by atoms with van der Waals surface area (Å²) >= 11 is 0. The second-order valence-corrected chi connectivity index (χ2v) is 3.60. The van der Waals surface area contributed by atoms with Crippen LogP contribution in [0.1, 0.15) is 25.0 Å². The third-order valence-corrected chi connectivity index (χ3v) is 2.27. The molecule has 2 N–H and O–H groups in total. The number of carbonyl (C=O) groups is 1. The van der Waals surface area contributed by atoms with Crippen LogP contribution in [0.25, 0.3) is 0 Å². The number of rotatable bonds is 3. The van der Waals surface area contributed by atoms with Gasteiger partial charge in [-0.05, 0) is 25.7 Å². The highest BCUT2D eigenvalue weighted by Gasteiger charge is 2.24. The average molecular weight is 179 g/mol. The predicted molar refractivity (Wildman–Crippen MR) is 49.3 cm³/mol. The van der Waals surface area contributed by atoms with Crippen molar-refractivity contribution in [3.63, 3.8) is 0 Å². The minimum atomic E-state index is 0.104. The summed E-state index contributed by atoms with van der Waals surface area (Å²) in [6.07, 6.45) is 4.71. The van der Waals surface area contributed by atoms with Crippen LogP contribution < -0.4 is 5.32 Å². The lowest BCUT2D eigenvalue weighted by Crippen LogP contribution is -2.12. The van der Waals surface area contributed by atoms with Crippen LogP contribution >= 0.6 is 0 Å². The minimum absolute atomic E-state index is 0.104. The number of amides is 1. The number of aryl methyl sites for hydroxylation is 1. The van der Waals surface area contributed by atoms with Crippen LogP contribution in [-0.4, -0.2) is 16.1 Å². The molecular weight excluding hydrogens is 166 g/mol. The Bertz CT molecular complexity index is 314. The minimum Gasteiger partial charge on any atom is -0.323 e. The molecule has 0 aliphatic heterocycles. The zero-order valence-corrected chi connectivity index (χ0v) is 7.63. The summed E-state index contributed by atoms with van der Waals surface area (Å²) in [6.45, 7) is 1.89. The van der Waals surface area contributed by atoms with Crippen LogP contribution in [-0.2, 0) is 4.79 Å². The van der Waals surface area contributed by atoms with E-state index in [-0.39, 0.29) is 5.91 Å². The van der Waals surface area contributed by atoms with Gasteiger partial charge in [0.2, 0.25) is 5.91 Å². The van der Waals surface area contributed by atoms with E-state index >= 15 is 0 Å². The summed E-state index contributed by atoms with van der Waals surface area (Å²) < 4.78 is 0. The summed E-state index contributed by atoms with van der Waals surface area (Å²) in [5, 5.41) is 9.44. The number of nitrogens with zero attached hydrogens (tertiary/aromatic N) is 1.